The van der Waals surface area contributed by atoms with Crippen molar-refractivity contribution in [3.05, 3.63) is 42.0 Å². The molecule has 0 radical (unpaired) electrons. The Morgan fingerprint density at radius 2 is 1.86 bits per heavy atom. The number of aliphatic hydroxyl groups excluding tert-OH is 1. The zero-order chi connectivity index (χ0) is 24.8. The van der Waals surface area contributed by atoms with Gasteiger partial charge in [-0.3, -0.25) is 14.6 Å². The smallest absolute Gasteiger partial charge is 0.484 e. The number of benzene rings is 1. The van der Waals surface area contributed by atoms with Gasteiger partial charge in [0.2, 0.25) is 0 Å². The molecule has 4 aliphatic rings. The number of halogens is 2. The standard InChI is InChI=1S/C23H24F2N4O6/c1-13-10-27-15(11-26-13)20(32)29-21-4-6-22(7-5-21,18(30)9-21)28-19(31)12-33-14-2-3-16-17(8-14)35-23(24,25)34-16/h2-3,8,10-11,18,30H,4-7,9,12H2,1H3,(H,28,31)(H,29,32)/t18-,21?,22?/m0/s1. The maximum absolute atomic E-state index is 13.2. The number of hydrogen-bond donors (Lipinski definition) is 3. The fourth-order valence-corrected chi connectivity index (χ4v) is 4.96. The van der Waals surface area contributed by atoms with Gasteiger partial charge < -0.3 is 30.0 Å². The van der Waals surface area contributed by atoms with Crippen LogP contribution >= 0.6 is 0 Å². The van der Waals surface area contributed by atoms with E-state index < -0.39 is 29.4 Å². The molecule has 10 nitrogen and oxygen atoms in total. The van der Waals surface area contributed by atoms with Crippen LogP contribution < -0.4 is 24.8 Å². The van der Waals surface area contributed by atoms with Gasteiger partial charge in [-0.15, -0.1) is 8.78 Å². The van der Waals surface area contributed by atoms with Gasteiger partial charge in [0.25, 0.3) is 11.8 Å². The summed E-state index contributed by atoms with van der Waals surface area (Å²) in [5, 5.41) is 16.8. The third kappa shape index (κ3) is 4.57. The fraction of sp³-hybridized carbons (Fsp3) is 0.478. The van der Waals surface area contributed by atoms with E-state index >= 15 is 0 Å². The molecule has 3 aliphatic carbocycles. The van der Waals surface area contributed by atoms with Gasteiger partial charge in [-0.05, 0) is 51.2 Å². The minimum atomic E-state index is -3.74. The molecule has 0 saturated heterocycles. The maximum Gasteiger partial charge on any atom is 0.586 e. The fourth-order valence-electron chi connectivity index (χ4n) is 4.96. The SMILES string of the molecule is Cc1cnc(C(=O)NC23CCC(NC(=O)COc4ccc5c(c4)OC(F)(F)O5)(CC2)[C@@H](O)C3)cn1. The first kappa shape index (κ1) is 23.2. The highest BCUT2D eigenvalue weighted by molar-refractivity contribution is 5.92. The van der Waals surface area contributed by atoms with Crippen molar-refractivity contribution in [1.29, 1.82) is 0 Å². The summed E-state index contributed by atoms with van der Waals surface area (Å²) in [7, 11) is 0. The second kappa shape index (κ2) is 8.29. The summed E-state index contributed by atoms with van der Waals surface area (Å²) < 4.78 is 40.5. The van der Waals surface area contributed by atoms with E-state index in [4.69, 9.17) is 4.74 Å². The minimum Gasteiger partial charge on any atom is -0.484 e. The summed E-state index contributed by atoms with van der Waals surface area (Å²) in [6, 6.07) is 3.87. The lowest BCUT2D eigenvalue weighted by atomic mass is 9.60. The van der Waals surface area contributed by atoms with Gasteiger partial charge in [0, 0.05) is 17.8 Å². The lowest BCUT2D eigenvalue weighted by Gasteiger charge is -2.56. The molecule has 3 fully saturated rings. The summed E-state index contributed by atoms with van der Waals surface area (Å²) in [5.74, 6) is -0.954. The van der Waals surface area contributed by atoms with Crippen LogP contribution in [0.4, 0.5) is 8.78 Å². The molecule has 2 heterocycles. The summed E-state index contributed by atoms with van der Waals surface area (Å²) in [5.41, 5.74) is -0.497. The van der Waals surface area contributed by atoms with Crippen LogP contribution in [0.1, 0.15) is 48.3 Å². The van der Waals surface area contributed by atoms with E-state index in [2.05, 4.69) is 30.1 Å². The Balaban J connectivity index is 1.16. The van der Waals surface area contributed by atoms with Crippen LogP contribution in [-0.4, -0.2) is 57.0 Å². The normalized spacial score (nSPS) is 27.8. The zero-order valence-corrected chi connectivity index (χ0v) is 18.8. The molecular weight excluding hydrogens is 466 g/mol. The number of carbonyl (C=O) groups is 2. The Morgan fingerprint density at radius 1 is 1.11 bits per heavy atom. The Kier molecular flexibility index (Phi) is 5.50. The van der Waals surface area contributed by atoms with E-state index in [-0.39, 0.29) is 41.9 Å². The van der Waals surface area contributed by atoms with Gasteiger partial charge in [0.05, 0.1) is 23.5 Å². The highest BCUT2D eigenvalue weighted by atomic mass is 19.3. The van der Waals surface area contributed by atoms with E-state index in [1.54, 1.807) is 6.92 Å². The third-order valence-electron chi connectivity index (χ3n) is 6.84. The molecule has 1 atom stereocenters. The van der Waals surface area contributed by atoms with Crippen molar-refractivity contribution in [2.45, 2.75) is 62.5 Å². The second-order valence-corrected chi connectivity index (χ2v) is 9.27. The number of aliphatic hydroxyl groups is 1. The van der Waals surface area contributed by atoms with E-state index in [0.29, 0.717) is 31.4 Å². The predicted molar refractivity (Wildman–Crippen MR) is 115 cm³/mol. The molecule has 1 aromatic carbocycles. The molecular formula is C23H24F2N4O6. The molecule has 1 aliphatic heterocycles. The first-order valence-corrected chi connectivity index (χ1v) is 11.2. The van der Waals surface area contributed by atoms with Crippen molar-refractivity contribution >= 4 is 11.8 Å². The molecule has 2 bridgehead atoms. The summed E-state index contributed by atoms with van der Waals surface area (Å²) in [6.07, 6.45) is 0.709. The number of amides is 2. The van der Waals surface area contributed by atoms with Crippen molar-refractivity contribution in [3.8, 4) is 17.2 Å². The molecule has 1 aromatic heterocycles. The van der Waals surface area contributed by atoms with Gasteiger partial charge >= 0.3 is 6.29 Å². The van der Waals surface area contributed by atoms with Crippen molar-refractivity contribution in [2.24, 2.45) is 0 Å². The lowest BCUT2D eigenvalue weighted by Crippen LogP contribution is -2.70. The number of carbonyl (C=O) groups excluding carboxylic acids is 2. The predicted octanol–water partition coefficient (Wildman–Crippen LogP) is 1.85. The minimum absolute atomic E-state index is 0.122. The highest BCUT2D eigenvalue weighted by Gasteiger charge is 2.55. The number of aromatic nitrogens is 2. The first-order valence-electron chi connectivity index (χ1n) is 11.2. The third-order valence-corrected chi connectivity index (χ3v) is 6.84. The quantitative estimate of drug-likeness (QED) is 0.559. The number of aryl methyl sites for hydroxylation is 1. The summed E-state index contributed by atoms with van der Waals surface area (Å²) in [4.78, 5) is 33.5. The van der Waals surface area contributed by atoms with Gasteiger partial charge in [0.1, 0.15) is 11.4 Å². The van der Waals surface area contributed by atoms with Crippen LogP contribution in [0.2, 0.25) is 0 Å². The van der Waals surface area contributed by atoms with Crippen molar-refractivity contribution in [3.63, 3.8) is 0 Å². The Morgan fingerprint density at radius 3 is 2.54 bits per heavy atom. The summed E-state index contributed by atoms with van der Waals surface area (Å²) >= 11 is 0. The highest BCUT2D eigenvalue weighted by Crippen LogP contribution is 2.47. The average Bonchev–Trinajstić information content (AvgIpc) is 3.12. The Bertz CT molecular complexity index is 1150. The number of ether oxygens (including phenoxy) is 3. The van der Waals surface area contributed by atoms with Crippen LogP contribution in [0.5, 0.6) is 17.2 Å². The molecule has 2 aromatic rings. The molecule has 35 heavy (non-hydrogen) atoms. The molecule has 2 amide bonds. The number of nitrogens with zero attached hydrogens (tertiary/aromatic N) is 2. The molecule has 12 heteroatoms. The van der Waals surface area contributed by atoms with Crippen LogP contribution in [0, 0.1) is 6.92 Å². The molecule has 0 spiro atoms. The van der Waals surface area contributed by atoms with Crippen LogP contribution in [0.3, 0.4) is 0 Å². The molecule has 0 unspecified atom stereocenters. The van der Waals surface area contributed by atoms with E-state index in [1.165, 1.54) is 30.6 Å². The zero-order valence-electron chi connectivity index (χ0n) is 18.8. The van der Waals surface area contributed by atoms with Crippen LogP contribution in [0.25, 0.3) is 0 Å². The Hall–Kier alpha value is -3.54. The largest absolute Gasteiger partial charge is 0.586 e. The topological polar surface area (TPSA) is 132 Å². The lowest BCUT2D eigenvalue weighted by molar-refractivity contribution is -0.286. The average molecular weight is 490 g/mol. The van der Waals surface area contributed by atoms with Crippen molar-refractivity contribution in [2.75, 3.05) is 6.61 Å². The second-order valence-electron chi connectivity index (χ2n) is 9.27. The van der Waals surface area contributed by atoms with Gasteiger partial charge in [-0.2, -0.15) is 0 Å². The number of nitrogens with one attached hydrogen (secondary N) is 2. The van der Waals surface area contributed by atoms with E-state index in [1.807, 2.05) is 0 Å². The van der Waals surface area contributed by atoms with Crippen LogP contribution in [-0.2, 0) is 4.79 Å². The van der Waals surface area contributed by atoms with Crippen molar-refractivity contribution in [1.82, 2.24) is 20.6 Å². The number of hydrogen-bond acceptors (Lipinski definition) is 8. The monoisotopic (exact) mass is 490 g/mol. The molecule has 6 rings (SSSR count). The summed E-state index contributed by atoms with van der Waals surface area (Å²) in [6.45, 7) is 1.40. The van der Waals surface area contributed by atoms with E-state index in [9.17, 15) is 23.5 Å². The number of alkyl halides is 2. The van der Waals surface area contributed by atoms with Gasteiger partial charge in [-0.1, -0.05) is 0 Å². The van der Waals surface area contributed by atoms with E-state index in [0.717, 1.165) is 0 Å². The van der Waals surface area contributed by atoms with Gasteiger partial charge in [0.15, 0.2) is 18.1 Å². The maximum atomic E-state index is 13.2. The molecule has 186 valence electrons. The van der Waals surface area contributed by atoms with Gasteiger partial charge in [-0.25, -0.2) is 4.98 Å². The van der Waals surface area contributed by atoms with Crippen molar-refractivity contribution < 1.29 is 37.7 Å². The molecule has 3 N–H and O–H groups in total. The molecule has 3 saturated carbocycles. The first-order chi connectivity index (χ1) is 16.6. The van der Waals surface area contributed by atoms with Crippen LogP contribution in [0.15, 0.2) is 30.6 Å². The Labute approximate surface area is 199 Å². The number of rotatable bonds is 6. The number of fused-ring (bicyclic) bond motifs is 4.